The quantitative estimate of drug-likeness (QED) is 0.789. The molecule has 0 amide bonds. The number of likely N-dealkylation sites (tertiary alicyclic amines) is 1. The summed E-state index contributed by atoms with van der Waals surface area (Å²) in [5.41, 5.74) is 0. The highest BCUT2D eigenvalue weighted by Crippen LogP contribution is 2.13. The average molecular weight is 278 g/mol. The molecule has 0 spiro atoms. The Bertz CT molecular complexity index is 342. The van der Waals surface area contributed by atoms with E-state index >= 15 is 0 Å². The number of nitrogens with one attached hydrogen (secondary N) is 1. The second kappa shape index (κ2) is 8.48. The lowest BCUT2D eigenvalue weighted by Crippen LogP contribution is -2.45. The van der Waals surface area contributed by atoms with Gasteiger partial charge in [0.2, 0.25) is 0 Å². The lowest BCUT2D eigenvalue weighted by atomic mass is 10.0. The maximum atomic E-state index is 5.39. The topological polar surface area (TPSA) is 28.4 Å². The van der Waals surface area contributed by atoms with Crippen LogP contribution in [0.4, 0.5) is 0 Å². The van der Waals surface area contributed by atoms with Crippen molar-refractivity contribution in [3.8, 4) is 0 Å². The molecule has 1 unspecified atom stereocenters. The first-order chi connectivity index (χ1) is 9.78. The Morgan fingerprint density at radius 3 is 2.85 bits per heavy atom. The van der Waals surface area contributed by atoms with Gasteiger partial charge >= 0.3 is 0 Å². The van der Waals surface area contributed by atoms with Gasteiger partial charge in [-0.15, -0.1) is 0 Å². The van der Waals surface area contributed by atoms with Crippen molar-refractivity contribution in [2.75, 3.05) is 19.6 Å². The Labute approximate surface area is 123 Å². The predicted octanol–water partition coefficient (Wildman–Crippen LogP) is 3.45. The minimum absolute atomic E-state index is 0.576. The van der Waals surface area contributed by atoms with Crippen LogP contribution in [-0.2, 0) is 6.42 Å². The fraction of sp³-hybridized carbons (Fsp3) is 0.765. The third kappa shape index (κ3) is 5.29. The van der Waals surface area contributed by atoms with Crippen LogP contribution >= 0.6 is 0 Å². The Balaban J connectivity index is 1.59. The SMILES string of the molecule is CCCCN1CCC(NC(C)CCc2ccco2)CC1. The molecule has 114 valence electrons. The molecule has 0 saturated carbocycles. The van der Waals surface area contributed by atoms with Crippen molar-refractivity contribution in [2.24, 2.45) is 0 Å². The van der Waals surface area contributed by atoms with E-state index in [2.05, 4.69) is 30.1 Å². The van der Waals surface area contributed by atoms with E-state index in [-0.39, 0.29) is 0 Å². The van der Waals surface area contributed by atoms with Gasteiger partial charge in [0.15, 0.2) is 0 Å². The first kappa shape index (κ1) is 15.6. The van der Waals surface area contributed by atoms with Crippen LogP contribution in [0.25, 0.3) is 0 Å². The number of nitrogens with zero attached hydrogens (tertiary/aromatic N) is 1. The molecule has 1 aromatic heterocycles. The molecule has 0 bridgehead atoms. The molecule has 1 N–H and O–H groups in total. The number of piperidine rings is 1. The van der Waals surface area contributed by atoms with Crippen LogP contribution in [0.1, 0.15) is 51.7 Å². The molecule has 2 rings (SSSR count). The second-order valence-corrected chi connectivity index (χ2v) is 6.16. The molecular weight excluding hydrogens is 248 g/mol. The third-order valence-corrected chi connectivity index (χ3v) is 4.34. The Morgan fingerprint density at radius 1 is 1.40 bits per heavy atom. The second-order valence-electron chi connectivity index (χ2n) is 6.16. The summed E-state index contributed by atoms with van der Waals surface area (Å²) < 4.78 is 5.39. The summed E-state index contributed by atoms with van der Waals surface area (Å²) in [6.45, 7) is 8.39. The molecule has 0 radical (unpaired) electrons. The summed E-state index contributed by atoms with van der Waals surface area (Å²) in [5.74, 6) is 1.10. The first-order valence-electron chi connectivity index (χ1n) is 8.28. The van der Waals surface area contributed by atoms with Gasteiger partial charge in [-0.3, -0.25) is 0 Å². The van der Waals surface area contributed by atoms with E-state index in [9.17, 15) is 0 Å². The summed E-state index contributed by atoms with van der Waals surface area (Å²) in [5, 5.41) is 3.79. The minimum Gasteiger partial charge on any atom is -0.469 e. The number of unbranched alkanes of at least 4 members (excludes halogenated alkanes) is 1. The number of hydrogen-bond acceptors (Lipinski definition) is 3. The van der Waals surface area contributed by atoms with Crippen LogP contribution < -0.4 is 5.32 Å². The molecule has 1 aliphatic heterocycles. The fourth-order valence-electron chi connectivity index (χ4n) is 3.00. The lowest BCUT2D eigenvalue weighted by molar-refractivity contribution is 0.188. The summed E-state index contributed by atoms with van der Waals surface area (Å²) in [6, 6.07) is 5.32. The van der Waals surface area contributed by atoms with Gasteiger partial charge in [-0.05, 0) is 64.4 Å². The van der Waals surface area contributed by atoms with Crippen molar-refractivity contribution in [1.29, 1.82) is 0 Å². The van der Waals surface area contributed by atoms with Crippen molar-refractivity contribution in [2.45, 2.75) is 64.5 Å². The standard InChI is InChI=1S/C17H30N2O/c1-3-4-11-19-12-9-16(10-13-19)18-15(2)7-8-17-6-5-14-20-17/h5-6,14-16,18H,3-4,7-13H2,1-2H3. The van der Waals surface area contributed by atoms with Crippen LogP contribution in [0.3, 0.4) is 0 Å². The van der Waals surface area contributed by atoms with Crippen molar-refractivity contribution in [3.63, 3.8) is 0 Å². The Kier molecular flexibility index (Phi) is 6.61. The van der Waals surface area contributed by atoms with Crippen molar-refractivity contribution < 1.29 is 4.42 Å². The highest BCUT2D eigenvalue weighted by atomic mass is 16.3. The van der Waals surface area contributed by atoms with E-state index in [0.717, 1.165) is 18.6 Å². The third-order valence-electron chi connectivity index (χ3n) is 4.34. The van der Waals surface area contributed by atoms with E-state index in [4.69, 9.17) is 4.42 Å². The number of hydrogen-bond donors (Lipinski definition) is 1. The molecule has 1 aliphatic rings. The molecule has 3 nitrogen and oxygen atoms in total. The average Bonchev–Trinajstić information content (AvgIpc) is 2.98. The van der Waals surface area contributed by atoms with Gasteiger partial charge in [-0.25, -0.2) is 0 Å². The van der Waals surface area contributed by atoms with Gasteiger partial charge in [-0.2, -0.15) is 0 Å². The van der Waals surface area contributed by atoms with Gasteiger partial charge in [0.05, 0.1) is 6.26 Å². The lowest BCUT2D eigenvalue weighted by Gasteiger charge is -2.34. The van der Waals surface area contributed by atoms with Crippen LogP contribution in [-0.4, -0.2) is 36.6 Å². The van der Waals surface area contributed by atoms with Gasteiger partial charge in [0.1, 0.15) is 5.76 Å². The predicted molar refractivity (Wildman–Crippen MR) is 84.0 cm³/mol. The van der Waals surface area contributed by atoms with Crippen LogP contribution in [0.2, 0.25) is 0 Å². The molecular formula is C17H30N2O. The molecule has 1 atom stereocenters. The van der Waals surface area contributed by atoms with E-state index in [1.165, 1.54) is 45.3 Å². The van der Waals surface area contributed by atoms with E-state index < -0.39 is 0 Å². The van der Waals surface area contributed by atoms with Gasteiger partial charge < -0.3 is 14.6 Å². The molecule has 1 aromatic rings. The normalized spacial score (nSPS) is 19.3. The summed E-state index contributed by atoms with van der Waals surface area (Å²) in [4.78, 5) is 2.62. The van der Waals surface area contributed by atoms with Gasteiger partial charge in [0, 0.05) is 18.5 Å². The highest BCUT2D eigenvalue weighted by Gasteiger charge is 2.19. The maximum absolute atomic E-state index is 5.39. The number of aryl methyl sites for hydroxylation is 1. The minimum atomic E-state index is 0.576. The van der Waals surface area contributed by atoms with Gasteiger partial charge in [-0.1, -0.05) is 13.3 Å². The summed E-state index contributed by atoms with van der Waals surface area (Å²) >= 11 is 0. The Hall–Kier alpha value is -0.800. The maximum Gasteiger partial charge on any atom is 0.103 e. The molecule has 0 aromatic carbocycles. The molecule has 1 fully saturated rings. The first-order valence-corrected chi connectivity index (χ1v) is 8.28. The van der Waals surface area contributed by atoms with Crippen LogP contribution in [0, 0.1) is 0 Å². The van der Waals surface area contributed by atoms with Crippen LogP contribution in [0.15, 0.2) is 22.8 Å². The zero-order valence-electron chi connectivity index (χ0n) is 13.1. The monoisotopic (exact) mass is 278 g/mol. The van der Waals surface area contributed by atoms with E-state index in [1.54, 1.807) is 6.26 Å². The van der Waals surface area contributed by atoms with Crippen molar-refractivity contribution in [3.05, 3.63) is 24.2 Å². The molecule has 2 heterocycles. The highest BCUT2D eigenvalue weighted by molar-refractivity contribution is 4.98. The smallest absolute Gasteiger partial charge is 0.103 e. The van der Waals surface area contributed by atoms with Crippen molar-refractivity contribution >= 4 is 0 Å². The fourth-order valence-corrected chi connectivity index (χ4v) is 3.00. The zero-order valence-corrected chi connectivity index (χ0v) is 13.1. The summed E-state index contributed by atoms with van der Waals surface area (Å²) in [6.07, 6.45) is 9.21. The van der Waals surface area contributed by atoms with E-state index in [1.807, 2.05) is 6.07 Å². The van der Waals surface area contributed by atoms with Crippen molar-refractivity contribution in [1.82, 2.24) is 10.2 Å². The molecule has 1 saturated heterocycles. The van der Waals surface area contributed by atoms with Gasteiger partial charge in [0.25, 0.3) is 0 Å². The van der Waals surface area contributed by atoms with E-state index in [0.29, 0.717) is 12.1 Å². The Morgan fingerprint density at radius 2 is 2.20 bits per heavy atom. The molecule has 3 heteroatoms. The molecule has 0 aliphatic carbocycles. The molecule has 20 heavy (non-hydrogen) atoms. The summed E-state index contributed by atoms with van der Waals surface area (Å²) in [7, 11) is 0. The number of furan rings is 1. The van der Waals surface area contributed by atoms with Crippen LogP contribution in [0.5, 0.6) is 0 Å². The number of rotatable bonds is 8. The zero-order chi connectivity index (χ0) is 14.2. The largest absolute Gasteiger partial charge is 0.469 e.